The summed E-state index contributed by atoms with van der Waals surface area (Å²) in [5.41, 5.74) is 0.174. The predicted octanol–water partition coefficient (Wildman–Crippen LogP) is 1.78. The Kier molecular flexibility index (Phi) is 2.53. The molecule has 2 aromatic heterocycles. The van der Waals surface area contributed by atoms with E-state index in [2.05, 4.69) is 10.1 Å². The first kappa shape index (κ1) is 11.4. The second kappa shape index (κ2) is 3.76. The highest BCUT2D eigenvalue weighted by atomic mass is 19.3. The number of aromatic carboxylic acids is 1. The van der Waals surface area contributed by atoms with Gasteiger partial charge in [-0.05, 0) is 6.07 Å². The number of rotatable bonds is 3. The van der Waals surface area contributed by atoms with Crippen molar-refractivity contribution in [1.29, 1.82) is 0 Å². The average molecular weight is 241 g/mol. The highest BCUT2D eigenvalue weighted by Gasteiger charge is 2.22. The van der Waals surface area contributed by atoms with Gasteiger partial charge in [0.05, 0.1) is 5.52 Å². The van der Waals surface area contributed by atoms with Crippen LogP contribution in [0.25, 0.3) is 10.9 Å². The Morgan fingerprint density at radius 3 is 2.88 bits per heavy atom. The minimum atomic E-state index is -2.87. The number of hydrogen-bond donors (Lipinski definition) is 1. The molecule has 0 spiro atoms. The van der Waals surface area contributed by atoms with Gasteiger partial charge in [0, 0.05) is 24.7 Å². The van der Waals surface area contributed by atoms with E-state index in [0.29, 0.717) is 10.9 Å². The van der Waals surface area contributed by atoms with E-state index in [9.17, 15) is 13.6 Å². The van der Waals surface area contributed by atoms with Gasteiger partial charge in [0.2, 0.25) is 0 Å². The fourth-order valence-electron chi connectivity index (χ4n) is 1.45. The Bertz CT molecular complexity index is 574. The van der Waals surface area contributed by atoms with Crippen molar-refractivity contribution in [2.24, 2.45) is 0 Å². The van der Waals surface area contributed by atoms with Crippen molar-refractivity contribution in [2.45, 2.75) is 19.4 Å². The van der Waals surface area contributed by atoms with Gasteiger partial charge >= 0.3 is 5.97 Å². The third-order valence-corrected chi connectivity index (χ3v) is 2.09. The van der Waals surface area contributed by atoms with Gasteiger partial charge in [-0.25, -0.2) is 18.6 Å². The van der Waals surface area contributed by atoms with Crippen molar-refractivity contribution in [3.63, 3.8) is 0 Å². The fourth-order valence-corrected chi connectivity index (χ4v) is 1.45. The largest absolute Gasteiger partial charge is 0.477 e. The molecule has 0 aromatic carbocycles. The summed E-state index contributed by atoms with van der Waals surface area (Å²) in [5.74, 6) is -4.05. The predicted molar refractivity (Wildman–Crippen MR) is 55.1 cm³/mol. The molecule has 7 heteroatoms. The highest BCUT2D eigenvalue weighted by molar-refractivity contribution is 5.90. The Morgan fingerprint density at radius 1 is 1.59 bits per heavy atom. The molecule has 0 radical (unpaired) electrons. The topological polar surface area (TPSA) is 68.0 Å². The molecule has 0 bridgehead atoms. The van der Waals surface area contributed by atoms with E-state index in [1.54, 1.807) is 0 Å². The molecule has 0 amide bonds. The van der Waals surface area contributed by atoms with Crippen molar-refractivity contribution >= 4 is 16.9 Å². The maximum Gasteiger partial charge on any atom is 0.354 e. The maximum absolute atomic E-state index is 12.8. The van der Waals surface area contributed by atoms with Gasteiger partial charge in [-0.15, -0.1) is 0 Å². The van der Waals surface area contributed by atoms with Crippen LogP contribution in [0, 0.1) is 0 Å². The first-order valence-electron chi connectivity index (χ1n) is 4.79. The number of fused-ring (bicyclic) bond motifs is 1. The van der Waals surface area contributed by atoms with Crippen LogP contribution in [-0.4, -0.2) is 31.8 Å². The molecule has 2 aromatic rings. The van der Waals surface area contributed by atoms with Crippen LogP contribution in [0.2, 0.25) is 0 Å². The first-order valence-corrected chi connectivity index (χ1v) is 4.79. The average Bonchev–Trinajstić information content (AvgIpc) is 2.54. The molecule has 0 aliphatic carbocycles. The van der Waals surface area contributed by atoms with Crippen molar-refractivity contribution in [3.8, 4) is 0 Å². The van der Waals surface area contributed by atoms with Gasteiger partial charge in [0.25, 0.3) is 5.92 Å². The molecule has 0 saturated carbocycles. The molecular weight excluding hydrogens is 232 g/mol. The highest BCUT2D eigenvalue weighted by Crippen LogP contribution is 2.17. The van der Waals surface area contributed by atoms with E-state index in [4.69, 9.17) is 5.11 Å². The number of alkyl halides is 2. The molecule has 2 rings (SSSR count). The first-order chi connectivity index (χ1) is 7.85. The lowest BCUT2D eigenvalue weighted by Crippen LogP contribution is -2.19. The van der Waals surface area contributed by atoms with Crippen LogP contribution in [0.1, 0.15) is 17.4 Å². The van der Waals surface area contributed by atoms with Crippen LogP contribution < -0.4 is 0 Å². The molecular formula is C10H9F2N3O2. The van der Waals surface area contributed by atoms with Crippen molar-refractivity contribution in [3.05, 3.63) is 24.2 Å². The Hall–Kier alpha value is -2.05. The summed E-state index contributed by atoms with van der Waals surface area (Å²) in [6, 6.07) is 1.25. The summed E-state index contributed by atoms with van der Waals surface area (Å²) in [4.78, 5) is 14.3. The lowest BCUT2D eigenvalue weighted by molar-refractivity contribution is 0.000778. The number of nitrogens with zero attached hydrogens (tertiary/aromatic N) is 3. The number of aromatic nitrogens is 3. The van der Waals surface area contributed by atoms with Gasteiger partial charge in [0.15, 0.2) is 0 Å². The third kappa shape index (κ3) is 2.55. The second-order valence-corrected chi connectivity index (χ2v) is 3.83. The molecule has 0 fully saturated rings. The lowest BCUT2D eigenvalue weighted by Gasteiger charge is -2.08. The molecule has 90 valence electrons. The van der Waals surface area contributed by atoms with Crippen LogP contribution in [-0.2, 0) is 6.54 Å². The molecule has 2 heterocycles. The number of carboxylic acid groups (broad SMARTS) is 1. The van der Waals surface area contributed by atoms with Gasteiger partial charge < -0.3 is 5.11 Å². The SMILES string of the molecule is CC(F)(F)Cn1cc2cnc(C(=O)O)cc2n1. The number of carbonyl (C=O) groups is 1. The third-order valence-electron chi connectivity index (χ3n) is 2.09. The number of hydrogen-bond acceptors (Lipinski definition) is 3. The van der Waals surface area contributed by atoms with Crippen LogP contribution in [0.3, 0.4) is 0 Å². The van der Waals surface area contributed by atoms with Crippen molar-refractivity contribution < 1.29 is 18.7 Å². The summed E-state index contributed by atoms with van der Waals surface area (Å²) in [6.07, 6.45) is 2.71. The molecule has 0 unspecified atom stereocenters. The Balaban J connectivity index is 2.40. The molecule has 0 aliphatic heterocycles. The Labute approximate surface area is 94.7 Å². The molecule has 1 N–H and O–H groups in total. The summed E-state index contributed by atoms with van der Waals surface area (Å²) in [6.45, 7) is 0.240. The van der Waals surface area contributed by atoms with Gasteiger partial charge in [-0.1, -0.05) is 0 Å². The molecule has 17 heavy (non-hydrogen) atoms. The summed E-state index contributed by atoms with van der Waals surface area (Å²) in [7, 11) is 0. The number of halogens is 2. The minimum Gasteiger partial charge on any atom is -0.477 e. The van der Waals surface area contributed by atoms with E-state index < -0.39 is 18.4 Å². The quantitative estimate of drug-likeness (QED) is 0.889. The monoisotopic (exact) mass is 241 g/mol. The van der Waals surface area contributed by atoms with E-state index in [1.807, 2.05) is 0 Å². The van der Waals surface area contributed by atoms with E-state index >= 15 is 0 Å². The van der Waals surface area contributed by atoms with Crippen LogP contribution in [0.5, 0.6) is 0 Å². The standard InChI is InChI=1S/C10H9F2N3O2/c1-10(11,12)5-15-4-6-3-13-8(9(16)17)2-7(6)14-15/h2-4H,5H2,1H3,(H,16,17). The zero-order valence-corrected chi connectivity index (χ0v) is 8.89. The van der Waals surface area contributed by atoms with E-state index in [-0.39, 0.29) is 5.69 Å². The normalized spacial score (nSPS) is 11.9. The summed E-state index contributed by atoms with van der Waals surface area (Å²) in [5, 5.41) is 13.1. The minimum absolute atomic E-state index is 0.161. The van der Waals surface area contributed by atoms with Gasteiger partial charge in [-0.2, -0.15) is 5.10 Å². The molecule has 0 saturated heterocycles. The van der Waals surface area contributed by atoms with Gasteiger partial charge in [-0.3, -0.25) is 4.68 Å². The molecule has 5 nitrogen and oxygen atoms in total. The Morgan fingerprint density at radius 2 is 2.29 bits per heavy atom. The van der Waals surface area contributed by atoms with Crippen LogP contribution >= 0.6 is 0 Å². The number of pyridine rings is 1. The fraction of sp³-hybridized carbons (Fsp3) is 0.300. The van der Waals surface area contributed by atoms with E-state index in [0.717, 1.165) is 11.6 Å². The number of carboxylic acids is 1. The van der Waals surface area contributed by atoms with Crippen LogP contribution in [0.15, 0.2) is 18.5 Å². The summed E-state index contributed by atoms with van der Waals surface area (Å²) < 4.78 is 26.6. The summed E-state index contributed by atoms with van der Waals surface area (Å²) >= 11 is 0. The van der Waals surface area contributed by atoms with Gasteiger partial charge in [0.1, 0.15) is 12.2 Å². The van der Waals surface area contributed by atoms with Crippen LogP contribution in [0.4, 0.5) is 8.78 Å². The van der Waals surface area contributed by atoms with Crippen molar-refractivity contribution in [2.75, 3.05) is 0 Å². The molecule has 0 atom stereocenters. The van der Waals surface area contributed by atoms with Crippen molar-refractivity contribution in [1.82, 2.24) is 14.8 Å². The lowest BCUT2D eigenvalue weighted by atomic mass is 10.3. The second-order valence-electron chi connectivity index (χ2n) is 3.83. The maximum atomic E-state index is 12.8. The zero-order valence-electron chi connectivity index (χ0n) is 8.89. The zero-order chi connectivity index (χ0) is 12.6. The van der Waals surface area contributed by atoms with E-state index in [1.165, 1.54) is 18.5 Å². The molecule has 0 aliphatic rings. The smallest absolute Gasteiger partial charge is 0.354 e.